The van der Waals surface area contributed by atoms with Crippen LogP contribution in [0.3, 0.4) is 0 Å². The molecule has 0 aliphatic heterocycles. The second kappa shape index (κ2) is 12.3. The first-order valence-corrected chi connectivity index (χ1v) is 14.4. The number of nitrogens with one attached hydrogen (secondary N) is 2. The minimum atomic E-state index is 0.672. The highest BCUT2D eigenvalue weighted by Gasteiger charge is 2.12. The van der Waals surface area contributed by atoms with E-state index in [1.165, 1.54) is 20.9 Å². The van der Waals surface area contributed by atoms with Crippen molar-refractivity contribution in [1.29, 1.82) is 0 Å². The summed E-state index contributed by atoms with van der Waals surface area (Å²) in [5.41, 5.74) is 9.41. The molecule has 5 nitrogen and oxygen atoms in total. The Morgan fingerprint density at radius 2 is 1.95 bits per heavy atom. The van der Waals surface area contributed by atoms with Gasteiger partial charge in [0, 0.05) is 39.1 Å². The Morgan fingerprint density at radius 1 is 1.10 bits per heavy atom. The lowest BCUT2D eigenvalue weighted by atomic mass is 9.99. The molecule has 1 aliphatic rings. The fraction of sp³-hybridized carbons (Fsp3) is 0.206. The third kappa shape index (κ3) is 6.29. The highest BCUT2D eigenvalue weighted by molar-refractivity contribution is 7.15. The van der Waals surface area contributed by atoms with Gasteiger partial charge in [0.2, 0.25) is 0 Å². The molecule has 0 aromatic carbocycles. The zero-order chi connectivity index (χ0) is 28.1. The molecular weight excluding hydrogens is 510 g/mol. The summed E-state index contributed by atoms with van der Waals surface area (Å²) in [5, 5.41) is 12.7. The quantitative estimate of drug-likeness (QED) is 0.235. The van der Waals surface area contributed by atoms with E-state index < -0.39 is 0 Å². The molecule has 4 heterocycles. The van der Waals surface area contributed by atoms with E-state index in [-0.39, 0.29) is 0 Å². The lowest BCUT2D eigenvalue weighted by molar-refractivity contribution is 0.914. The molecular formula is C34H35N5S. The van der Waals surface area contributed by atoms with E-state index in [4.69, 9.17) is 0 Å². The van der Waals surface area contributed by atoms with Gasteiger partial charge in [-0.15, -0.1) is 11.3 Å². The molecule has 40 heavy (non-hydrogen) atoms. The van der Waals surface area contributed by atoms with Gasteiger partial charge >= 0.3 is 0 Å². The van der Waals surface area contributed by atoms with Crippen LogP contribution in [0.4, 0.5) is 5.69 Å². The number of H-pyrrole nitrogens is 1. The monoisotopic (exact) mass is 545 g/mol. The molecule has 2 N–H and O–H groups in total. The van der Waals surface area contributed by atoms with Crippen molar-refractivity contribution in [3.8, 4) is 10.4 Å². The van der Waals surface area contributed by atoms with Crippen LogP contribution < -0.4 is 15.9 Å². The molecule has 202 valence electrons. The molecule has 1 aliphatic carbocycles. The van der Waals surface area contributed by atoms with Crippen molar-refractivity contribution in [2.24, 2.45) is 0 Å². The lowest BCUT2D eigenvalue weighted by Gasteiger charge is -2.12. The first-order chi connectivity index (χ1) is 19.4. The molecule has 0 fully saturated rings. The van der Waals surface area contributed by atoms with Gasteiger partial charge in [-0.2, -0.15) is 5.10 Å². The van der Waals surface area contributed by atoms with Crippen molar-refractivity contribution in [2.45, 2.75) is 46.5 Å². The Bertz CT molecular complexity index is 1750. The number of nitrogens with zero attached hydrogens (tertiary/aromatic N) is 3. The number of aryl methyl sites for hydroxylation is 2. The minimum Gasteiger partial charge on any atom is -0.353 e. The molecule has 0 radical (unpaired) electrons. The Morgan fingerprint density at radius 3 is 2.73 bits per heavy atom. The van der Waals surface area contributed by atoms with Crippen LogP contribution in [0.2, 0.25) is 0 Å². The van der Waals surface area contributed by atoms with Crippen LogP contribution in [-0.4, -0.2) is 20.2 Å². The van der Waals surface area contributed by atoms with Crippen LogP contribution in [0.5, 0.6) is 0 Å². The molecule has 0 amide bonds. The van der Waals surface area contributed by atoms with Gasteiger partial charge in [0.15, 0.2) is 0 Å². The van der Waals surface area contributed by atoms with E-state index >= 15 is 0 Å². The normalized spacial score (nSPS) is 13.9. The van der Waals surface area contributed by atoms with Crippen molar-refractivity contribution in [3.63, 3.8) is 0 Å². The van der Waals surface area contributed by atoms with E-state index in [1.54, 1.807) is 11.3 Å². The van der Waals surface area contributed by atoms with Crippen LogP contribution in [0.25, 0.3) is 34.4 Å². The average Bonchev–Trinajstić information content (AvgIpc) is 3.57. The van der Waals surface area contributed by atoms with Crippen LogP contribution in [0.15, 0.2) is 79.4 Å². The van der Waals surface area contributed by atoms with Gasteiger partial charge in [-0.3, -0.25) is 15.1 Å². The van der Waals surface area contributed by atoms with E-state index in [1.807, 2.05) is 30.9 Å². The van der Waals surface area contributed by atoms with Gasteiger partial charge in [-0.1, -0.05) is 43.0 Å². The Kier molecular flexibility index (Phi) is 8.37. The molecule has 0 saturated carbocycles. The van der Waals surface area contributed by atoms with Crippen LogP contribution in [-0.2, 0) is 6.42 Å². The fourth-order valence-electron chi connectivity index (χ4n) is 4.75. The van der Waals surface area contributed by atoms with Gasteiger partial charge in [-0.25, -0.2) is 0 Å². The summed E-state index contributed by atoms with van der Waals surface area (Å²) in [4.78, 5) is 11.4. The van der Waals surface area contributed by atoms with E-state index in [0.717, 1.165) is 64.2 Å². The second-order valence-electron chi connectivity index (χ2n) is 10.2. The van der Waals surface area contributed by atoms with Gasteiger partial charge in [-0.05, 0) is 93.0 Å². The van der Waals surface area contributed by atoms with Crippen molar-refractivity contribution in [3.05, 3.63) is 117 Å². The maximum absolute atomic E-state index is 4.51. The highest BCUT2D eigenvalue weighted by Crippen LogP contribution is 2.33. The van der Waals surface area contributed by atoms with Crippen molar-refractivity contribution < 1.29 is 0 Å². The number of thiophene rings is 1. The minimum absolute atomic E-state index is 0.672. The molecule has 4 aromatic heterocycles. The fourth-order valence-corrected chi connectivity index (χ4v) is 5.69. The number of hydrogen-bond acceptors (Lipinski definition) is 5. The Hall–Kier alpha value is -4.29. The molecule has 6 heteroatoms. The summed E-state index contributed by atoms with van der Waals surface area (Å²) >= 11 is 1.76. The summed E-state index contributed by atoms with van der Waals surface area (Å²) < 4.78 is 0. The molecule has 0 bridgehead atoms. The van der Waals surface area contributed by atoms with Gasteiger partial charge < -0.3 is 5.32 Å². The summed E-state index contributed by atoms with van der Waals surface area (Å²) in [6.07, 6.45) is 22.9. The standard InChI is InChI=1S/C34H35N5S/c1-22(29-17-28(18-35-19-29)14-13-27-9-7-6-8-10-27)11-15-31-25(4)34(39-38-31)26(5)37-32-21-36-20-30(24(32)3)33-16-12-23(2)40-33/h7,9-12,15-21,37-38H,4-6,8,13-14H2,1-3H3/b22-11+,31-15+. The van der Waals surface area contributed by atoms with Crippen LogP contribution in [0.1, 0.15) is 53.4 Å². The summed E-state index contributed by atoms with van der Waals surface area (Å²) in [6, 6.07) is 6.50. The zero-order valence-electron chi connectivity index (χ0n) is 23.4. The SMILES string of the molecule is C=C(Nc1cncc(-c2ccc(C)s2)c1C)c1n[nH]/c(=C/C=C(\C)c2cncc(CCC3=CCCC=C3)c2)c1=C. The topological polar surface area (TPSA) is 66.5 Å². The maximum Gasteiger partial charge on any atom is 0.115 e. The van der Waals surface area contributed by atoms with Gasteiger partial charge in [0.1, 0.15) is 5.69 Å². The van der Waals surface area contributed by atoms with Crippen molar-refractivity contribution in [2.75, 3.05) is 5.32 Å². The Labute approximate surface area is 240 Å². The van der Waals surface area contributed by atoms with Crippen molar-refractivity contribution in [1.82, 2.24) is 20.2 Å². The third-order valence-electron chi connectivity index (χ3n) is 7.22. The highest BCUT2D eigenvalue weighted by atomic mass is 32.1. The van der Waals surface area contributed by atoms with Crippen molar-refractivity contribution >= 4 is 40.9 Å². The predicted molar refractivity (Wildman–Crippen MR) is 170 cm³/mol. The zero-order valence-corrected chi connectivity index (χ0v) is 24.2. The van der Waals surface area contributed by atoms with Crippen LogP contribution in [0, 0.1) is 13.8 Å². The first-order valence-electron chi connectivity index (χ1n) is 13.6. The van der Waals surface area contributed by atoms with E-state index in [9.17, 15) is 0 Å². The third-order valence-corrected chi connectivity index (χ3v) is 8.25. The maximum atomic E-state index is 4.51. The molecule has 0 atom stereocenters. The number of anilines is 1. The molecule has 4 aromatic rings. The van der Waals surface area contributed by atoms with Gasteiger partial charge in [0.05, 0.1) is 22.9 Å². The predicted octanol–water partition coefficient (Wildman–Crippen LogP) is 7.13. The van der Waals surface area contributed by atoms with E-state index in [2.05, 4.69) is 102 Å². The molecule has 0 unspecified atom stereocenters. The average molecular weight is 546 g/mol. The lowest BCUT2D eigenvalue weighted by Crippen LogP contribution is -2.23. The number of rotatable bonds is 9. The summed E-state index contributed by atoms with van der Waals surface area (Å²) in [6.45, 7) is 14.8. The molecule has 0 saturated heterocycles. The van der Waals surface area contributed by atoms with E-state index in [0.29, 0.717) is 11.4 Å². The number of pyridine rings is 2. The number of aromatic nitrogens is 4. The number of hydrogen-bond donors (Lipinski definition) is 2. The second-order valence-corrected chi connectivity index (χ2v) is 11.5. The van der Waals surface area contributed by atoms with Gasteiger partial charge in [0.25, 0.3) is 0 Å². The molecule has 5 rings (SSSR count). The summed E-state index contributed by atoms with van der Waals surface area (Å²) in [5.74, 6) is 0. The number of aromatic amines is 1. The summed E-state index contributed by atoms with van der Waals surface area (Å²) in [7, 11) is 0. The van der Waals surface area contributed by atoms with Crippen LogP contribution >= 0.6 is 11.3 Å². The molecule has 0 spiro atoms. The number of allylic oxidation sites excluding steroid dienone is 6. The Balaban J connectivity index is 1.30. The first kappa shape index (κ1) is 27.3. The largest absolute Gasteiger partial charge is 0.353 e. The smallest absolute Gasteiger partial charge is 0.115 e.